The third kappa shape index (κ3) is 2.92. The van der Waals surface area contributed by atoms with Crippen LogP contribution < -0.4 is 10.6 Å². The molecular formula is C11H16N4O. The van der Waals surface area contributed by atoms with E-state index in [1.807, 2.05) is 13.8 Å². The molecule has 0 aromatic carbocycles. The van der Waals surface area contributed by atoms with E-state index in [4.69, 9.17) is 0 Å². The lowest BCUT2D eigenvalue weighted by atomic mass is 10.4. The van der Waals surface area contributed by atoms with E-state index < -0.39 is 0 Å². The van der Waals surface area contributed by atoms with Crippen LogP contribution in [0.2, 0.25) is 0 Å². The number of hydrogen-bond acceptors (Lipinski definition) is 4. The predicted octanol–water partition coefficient (Wildman–Crippen LogP) is 0.784. The standard InChI is InChI=1S/C11H16N4O/c1-7-5-12-8(2)11(14-7)13-6-10(16)15-9-3-4-9/h5,9H,3-4,6H2,1-2H3,(H,13,14)(H,15,16). The molecule has 1 aliphatic carbocycles. The molecule has 1 aliphatic rings. The molecule has 1 amide bonds. The smallest absolute Gasteiger partial charge is 0.239 e. The Kier molecular flexibility index (Phi) is 3.03. The molecule has 0 saturated heterocycles. The first-order valence-electron chi connectivity index (χ1n) is 5.48. The largest absolute Gasteiger partial charge is 0.359 e. The van der Waals surface area contributed by atoms with Crippen LogP contribution in [0.25, 0.3) is 0 Å². The monoisotopic (exact) mass is 220 g/mol. The van der Waals surface area contributed by atoms with Crippen molar-refractivity contribution in [1.29, 1.82) is 0 Å². The van der Waals surface area contributed by atoms with Crippen LogP contribution in [-0.2, 0) is 4.79 Å². The predicted molar refractivity (Wildman–Crippen MR) is 61.2 cm³/mol. The molecule has 5 nitrogen and oxygen atoms in total. The summed E-state index contributed by atoms with van der Waals surface area (Å²) in [5.74, 6) is 0.705. The molecule has 16 heavy (non-hydrogen) atoms. The van der Waals surface area contributed by atoms with Crippen molar-refractivity contribution in [3.05, 3.63) is 17.6 Å². The molecule has 1 heterocycles. The Bertz CT molecular complexity index is 401. The van der Waals surface area contributed by atoms with E-state index in [-0.39, 0.29) is 12.5 Å². The van der Waals surface area contributed by atoms with Gasteiger partial charge in [0.1, 0.15) is 5.82 Å². The molecule has 0 bridgehead atoms. The Morgan fingerprint density at radius 1 is 1.50 bits per heavy atom. The van der Waals surface area contributed by atoms with Gasteiger partial charge in [0.25, 0.3) is 0 Å². The first-order valence-corrected chi connectivity index (χ1v) is 5.48. The Morgan fingerprint density at radius 2 is 2.25 bits per heavy atom. The summed E-state index contributed by atoms with van der Waals surface area (Å²) in [5, 5.41) is 5.91. The van der Waals surface area contributed by atoms with Crippen LogP contribution in [0.15, 0.2) is 6.20 Å². The number of nitrogens with one attached hydrogen (secondary N) is 2. The van der Waals surface area contributed by atoms with Crippen LogP contribution in [0.5, 0.6) is 0 Å². The second kappa shape index (κ2) is 4.47. The minimum atomic E-state index is 0.0187. The van der Waals surface area contributed by atoms with Crippen LogP contribution in [-0.4, -0.2) is 28.5 Å². The lowest BCUT2D eigenvalue weighted by Crippen LogP contribution is -2.31. The molecule has 1 aromatic rings. The van der Waals surface area contributed by atoms with Crippen LogP contribution in [0, 0.1) is 13.8 Å². The SMILES string of the molecule is Cc1cnc(C)c(NCC(=O)NC2CC2)n1. The molecular weight excluding hydrogens is 204 g/mol. The van der Waals surface area contributed by atoms with Gasteiger partial charge >= 0.3 is 0 Å². The maximum atomic E-state index is 11.4. The Morgan fingerprint density at radius 3 is 2.94 bits per heavy atom. The second-order valence-corrected chi connectivity index (χ2v) is 4.14. The van der Waals surface area contributed by atoms with Crippen LogP contribution >= 0.6 is 0 Å². The van der Waals surface area contributed by atoms with Gasteiger partial charge in [0.2, 0.25) is 5.91 Å². The highest BCUT2D eigenvalue weighted by atomic mass is 16.2. The summed E-state index contributed by atoms with van der Waals surface area (Å²) in [5.41, 5.74) is 1.65. The van der Waals surface area contributed by atoms with E-state index in [1.54, 1.807) is 6.20 Å². The van der Waals surface area contributed by atoms with Crippen LogP contribution in [0.3, 0.4) is 0 Å². The summed E-state index contributed by atoms with van der Waals surface area (Å²) < 4.78 is 0. The topological polar surface area (TPSA) is 66.9 Å². The average molecular weight is 220 g/mol. The molecule has 86 valence electrons. The minimum absolute atomic E-state index is 0.0187. The number of anilines is 1. The molecule has 0 atom stereocenters. The molecule has 0 spiro atoms. The summed E-state index contributed by atoms with van der Waals surface area (Å²) in [6, 6.07) is 0.402. The maximum absolute atomic E-state index is 11.4. The Labute approximate surface area is 94.7 Å². The van der Waals surface area contributed by atoms with Gasteiger partial charge in [-0.2, -0.15) is 0 Å². The molecule has 0 aliphatic heterocycles. The van der Waals surface area contributed by atoms with Crippen molar-refractivity contribution in [2.24, 2.45) is 0 Å². The number of carbonyl (C=O) groups is 1. The van der Waals surface area contributed by atoms with Crippen molar-refractivity contribution in [2.45, 2.75) is 32.7 Å². The fraction of sp³-hybridized carbons (Fsp3) is 0.545. The molecule has 2 N–H and O–H groups in total. The first-order chi connectivity index (χ1) is 7.65. The highest BCUT2D eigenvalue weighted by Crippen LogP contribution is 2.18. The minimum Gasteiger partial charge on any atom is -0.359 e. The van der Waals surface area contributed by atoms with Gasteiger partial charge in [0, 0.05) is 12.2 Å². The molecule has 1 fully saturated rings. The molecule has 1 aromatic heterocycles. The second-order valence-electron chi connectivity index (χ2n) is 4.14. The van der Waals surface area contributed by atoms with Crippen molar-refractivity contribution in [2.75, 3.05) is 11.9 Å². The number of nitrogens with zero attached hydrogens (tertiary/aromatic N) is 2. The highest BCUT2D eigenvalue weighted by molar-refractivity contribution is 5.81. The lowest BCUT2D eigenvalue weighted by Gasteiger charge is -2.08. The molecule has 0 unspecified atom stereocenters. The van der Waals surface area contributed by atoms with Gasteiger partial charge in [-0.25, -0.2) is 4.98 Å². The highest BCUT2D eigenvalue weighted by Gasteiger charge is 2.22. The number of aryl methyl sites for hydroxylation is 2. The third-order valence-corrected chi connectivity index (χ3v) is 2.43. The van der Waals surface area contributed by atoms with Gasteiger partial charge in [0.15, 0.2) is 0 Å². The first kappa shape index (κ1) is 10.9. The number of aromatic nitrogens is 2. The van der Waals surface area contributed by atoms with Crippen molar-refractivity contribution in [3.63, 3.8) is 0 Å². The summed E-state index contributed by atoms with van der Waals surface area (Å²) in [7, 11) is 0. The van der Waals surface area contributed by atoms with E-state index in [0.29, 0.717) is 11.9 Å². The fourth-order valence-electron chi connectivity index (χ4n) is 1.38. The molecule has 0 radical (unpaired) electrons. The van der Waals surface area contributed by atoms with Crippen molar-refractivity contribution in [1.82, 2.24) is 15.3 Å². The van der Waals surface area contributed by atoms with Crippen molar-refractivity contribution < 1.29 is 4.79 Å². The number of carbonyl (C=O) groups excluding carboxylic acids is 1. The summed E-state index contributed by atoms with van der Waals surface area (Å²) in [6.07, 6.45) is 3.93. The van der Waals surface area contributed by atoms with Gasteiger partial charge in [-0.05, 0) is 26.7 Å². The lowest BCUT2D eigenvalue weighted by molar-refractivity contribution is -0.119. The van der Waals surface area contributed by atoms with Crippen LogP contribution in [0.4, 0.5) is 5.82 Å². The van der Waals surface area contributed by atoms with Crippen molar-refractivity contribution >= 4 is 11.7 Å². The number of amides is 1. The van der Waals surface area contributed by atoms with E-state index in [2.05, 4.69) is 20.6 Å². The van der Waals surface area contributed by atoms with Crippen molar-refractivity contribution in [3.8, 4) is 0 Å². The van der Waals surface area contributed by atoms with Gasteiger partial charge in [0.05, 0.1) is 17.9 Å². The zero-order chi connectivity index (χ0) is 11.5. The summed E-state index contributed by atoms with van der Waals surface area (Å²) >= 11 is 0. The average Bonchev–Trinajstić information content (AvgIpc) is 3.03. The summed E-state index contributed by atoms with van der Waals surface area (Å²) in [4.78, 5) is 19.9. The Balaban J connectivity index is 1.87. The zero-order valence-electron chi connectivity index (χ0n) is 9.58. The van der Waals surface area contributed by atoms with Crippen LogP contribution in [0.1, 0.15) is 24.2 Å². The molecule has 5 heteroatoms. The van der Waals surface area contributed by atoms with Gasteiger partial charge in [-0.15, -0.1) is 0 Å². The fourth-order valence-corrected chi connectivity index (χ4v) is 1.38. The van der Waals surface area contributed by atoms with E-state index in [0.717, 1.165) is 24.2 Å². The normalized spacial score (nSPS) is 14.6. The number of rotatable bonds is 4. The van der Waals surface area contributed by atoms with E-state index >= 15 is 0 Å². The Hall–Kier alpha value is -1.65. The van der Waals surface area contributed by atoms with E-state index in [1.165, 1.54) is 0 Å². The number of hydrogen-bond donors (Lipinski definition) is 2. The van der Waals surface area contributed by atoms with Gasteiger partial charge in [-0.1, -0.05) is 0 Å². The molecule has 2 rings (SSSR count). The third-order valence-electron chi connectivity index (χ3n) is 2.43. The molecule has 1 saturated carbocycles. The van der Waals surface area contributed by atoms with Gasteiger partial charge in [-0.3, -0.25) is 9.78 Å². The maximum Gasteiger partial charge on any atom is 0.239 e. The summed E-state index contributed by atoms with van der Waals surface area (Å²) in [6.45, 7) is 4.00. The van der Waals surface area contributed by atoms with Gasteiger partial charge < -0.3 is 10.6 Å². The quantitative estimate of drug-likeness (QED) is 0.787. The zero-order valence-corrected chi connectivity index (χ0v) is 9.58. The van der Waals surface area contributed by atoms with E-state index in [9.17, 15) is 4.79 Å².